The standard InChI is InChI=1S/C19H21ClFNO7S/c1-11(19(26)29-2)9-17(23)22(15-8-7-12(21)10-14(15)20)30(27,28)16-6-4-3-5-13(16)18(24)25/h5,7-8,10-11,16H,3-4,6,9H2,1-2H3,(H,24,25)/t11-,16-/m1/s1. The topological polar surface area (TPSA) is 118 Å². The number of aliphatic carboxylic acids is 1. The number of benzene rings is 1. The van der Waals surface area contributed by atoms with Crippen LogP contribution in [0, 0.1) is 11.7 Å². The minimum Gasteiger partial charge on any atom is -0.478 e. The number of sulfonamides is 1. The van der Waals surface area contributed by atoms with Crippen molar-refractivity contribution in [1.82, 2.24) is 0 Å². The lowest BCUT2D eigenvalue weighted by Crippen LogP contribution is -2.46. The molecule has 11 heteroatoms. The van der Waals surface area contributed by atoms with Gasteiger partial charge in [0.2, 0.25) is 15.9 Å². The molecule has 0 saturated heterocycles. The van der Waals surface area contributed by atoms with Crippen molar-refractivity contribution in [2.24, 2.45) is 5.92 Å². The number of carboxylic acids is 1. The Kier molecular flexibility index (Phi) is 7.59. The van der Waals surface area contributed by atoms with E-state index < -0.39 is 51.3 Å². The Hall–Kier alpha value is -2.46. The van der Waals surface area contributed by atoms with E-state index in [1.165, 1.54) is 13.0 Å². The first-order valence-electron chi connectivity index (χ1n) is 9.03. The highest BCUT2D eigenvalue weighted by atomic mass is 35.5. The zero-order chi connectivity index (χ0) is 22.6. The smallest absolute Gasteiger partial charge is 0.332 e. The van der Waals surface area contributed by atoms with E-state index in [9.17, 15) is 32.3 Å². The lowest BCUT2D eigenvalue weighted by atomic mass is 9.99. The molecule has 164 valence electrons. The summed E-state index contributed by atoms with van der Waals surface area (Å²) in [7, 11) is -3.48. The number of allylic oxidation sites excluding steroid dienone is 1. The highest BCUT2D eigenvalue weighted by molar-refractivity contribution is 7.94. The van der Waals surface area contributed by atoms with Crippen LogP contribution in [0.3, 0.4) is 0 Å². The largest absolute Gasteiger partial charge is 0.478 e. The van der Waals surface area contributed by atoms with Crippen molar-refractivity contribution in [3.63, 3.8) is 0 Å². The first kappa shape index (κ1) is 23.8. The van der Waals surface area contributed by atoms with Crippen LogP contribution in [-0.2, 0) is 29.1 Å². The second-order valence-electron chi connectivity index (χ2n) is 6.81. The normalized spacial score (nSPS) is 17.6. The molecule has 1 aromatic carbocycles. The molecule has 0 fully saturated rings. The SMILES string of the molecule is COC(=O)[C@H](C)CC(=O)N(c1ccc(F)cc1Cl)S(=O)(=O)[C@@H]1CCCC=C1C(=O)O. The summed E-state index contributed by atoms with van der Waals surface area (Å²) in [6, 6.07) is 2.78. The van der Waals surface area contributed by atoms with E-state index in [1.54, 1.807) is 0 Å². The van der Waals surface area contributed by atoms with E-state index in [-0.39, 0.29) is 22.7 Å². The number of carbonyl (C=O) groups is 3. The van der Waals surface area contributed by atoms with Gasteiger partial charge in [0.05, 0.1) is 29.3 Å². The van der Waals surface area contributed by atoms with Crippen molar-refractivity contribution in [2.45, 2.75) is 37.9 Å². The van der Waals surface area contributed by atoms with Gasteiger partial charge in [-0.25, -0.2) is 21.9 Å². The molecule has 8 nitrogen and oxygen atoms in total. The van der Waals surface area contributed by atoms with Crippen molar-refractivity contribution in [3.05, 3.63) is 40.7 Å². The van der Waals surface area contributed by atoms with E-state index in [0.717, 1.165) is 25.3 Å². The van der Waals surface area contributed by atoms with Gasteiger partial charge in [-0.3, -0.25) is 9.59 Å². The number of esters is 1. The maximum atomic E-state index is 13.5. The summed E-state index contributed by atoms with van der Waals surface area (Å²) in [4.78, 5) is 36.3. The maximum Gasteiger partial charge on any atom is 0.332 e. The number of amides is 1. The molecule has 0 bridgehead atoms. The van der Waals surface area contributed by atoms with Crippen molar-refractivity contribution in [2.75, 3.05) is 11.4 Å². The molecule has 0 aliphatic heterocycles. The molecule has 0 saturated carbocycles. The van der Waals surface area contributed by atoms with Crippen molar-refractivity contribution < 1.29 is 37.0 Å². The summed E-state index contributed by atoms with van der Waals surface area (Å²) in [5.41, 5.74) is -0.672. The third-order valence-electron chi connectivity index (χ3n) is 4.68. The molecule has 1 aliphatic carbocycles. The van der Waals surface area contributed by atoms with E-state index in [1.807, 2.05) is 0 Å². The average Bonchev–Trinajstić information content (AvgIpc) is 2.68. The van der Waals surface area contributed by atoms with E-state index >= 15 is 0 Å². The van der Waals surface area contributed by atoms with E-state index in [0.29, 0.717) is 17.1 Å². The lowest BCUT2D eigenvalue weighted by Gasteiger charge is -2.30. The van der Waals surface area contributed by atoms with Crippen LogP contribution in [0.4, 0.5) is 10.1 Å². The summed E-state index contributed by atoms with van der Waals surface area (Å²) in [6.45, 7) is 1.38. The highest BCUT2D eigenvalue weighted by Gasteiger charge is 2.42. The van der Waals surface area contributed by atoms with E-state index in [4.69, 9.17) is 11.6 Å². The number of methoxy groups -OCH3 is 1. The molecule has 1 amide bonds. The van der Waals surface area contributed by atoms with Crippen LogP contribution >= 0.6 is 11.6 Å². The fraction of sp³-hybridized carbons (Fsp3) is 0.421. The molecule has 0 aromatic heterocycles. The summed E-state index contributed by atoms with van der Waals surface area (Å²) >= 11 is 6.02. The van der Waals surface area contributed by atoms with Gasteiger partial charge in [-0.1, -0.05) is 24.6 Å². The predicted molar refractivity (Wildman–Crippen MR) is 107 cm³/mol. The second-order valence-corrected chi connectivity index (χ2v) is 9.18. The number of carboxylic acid groups (broad SMARTS) is 1. The van der Waals surface area contributed by atoms with Crippen LogP contribution in [0.15, 0.2) is 29.8 Å². The monoisotopic (exact) mass is 461 g/mol. The number of nitrogens with zero attached hydrogens (tertiary/aromatic N) is 1. The zero-order valence-corrected chi connectivity index (χ0v) is 17.9. The maximum absolute atomic E-state index is 13.5. The molecule has 0 unspecified atom stereocenters. The Morgan fingerprint density at radius 1 is 1.37 bits per heavy atom. The Morgan fingerprint density at radius 2 is 2.03 bits per heavy atom. The summed E-state index contributed by atoms with van der Waals surface area (Å²) in [5, 5.41) is 7.58. The quantitative estimate of drug-likeness (QED) is 0.620. The molecule has 0 spiro atoms. The summed E-state index contributed by atoms with van der Waals surface area (Å²) < 4.78 is 45.3. The number of ether oxygens (including phenoxy) is 1. The molecule has 0 heterocycles. The number of carbonyl (C=O) groups excluding carboxylic acids is 2. The summed E-state index contributed by atoms with van der Waals surface area (Å²) in [6.07, 6.45) is 1.53. The number of anilines is 1. The fourth-order valence-corrected chi connectivity index (χ4v) is 5.53. The van der Waals surface area contributed by atoms with Crippen LogP contribution in [0.1, 0.15) is 32.6 Å². The Balaban J connectivity index is 2.58. The predicted octanol–water partition coefficient (Wildman–Crippen LogP) is 2.90. The summed E-state index contributed by atoms with van der Waals surface area (Å²) in [5.74, 6) is -4.88. The van der Waals surface area contributed by atoms with Crippen molar-refractivity contribution in [3.8, 4) is 0 Å². The third kappa shape index (κ3) is 4.99. The van der Waals surface area contributed by atoms with Crippen molar-refractivity contribution in [1.29, 1.82) is 0 Å². The Labute approximate surface area is 178 Å². The first-order chi connectivity index (χ1) is 14.0. The lowest BCUT2D eigenvalue weighted by molar-refractivity contribution is -0.146. The molecular formula is C19H21ClFNO7S. The number of hydrogen-bond donors (Lipinski definition) is 1. The minimum atomic E-state index is -4.61. The van der Waals surface area contributed by atoms with Gasteiger partial charge < -0.3 is 9.84 Å². The minimum absolute atomic E-state index is 0.0182. The number of hydrogen-bond acceptors (Lipinski definition) is 6. The first-order valence-corrected chi connectivity index (χ1v) is 10.9. The third-order valence-corrected chi connectivity index (χ3v) is 7.10. The van der Waals surface area contributed by atoms with E-state index in [2.05, 4.69) is 4.74 Å². The Bertz CT molecular complexity index is 993. The second kappa shape index (κ2) is 9.57. The van der Waals surface area contributed by atoms with Gasteiger partial charge in [-0.2, -0.15) is 0 Å². The fourth-order valence-electron chi connectivity index (χ4n) is 3.20. The molecule has 1 aromatic rings. The van der Waals surface area contributed by atoms with Gasteiger partial charge in [0, 0.05) is 6.42 Å². The van der Waals surface area contributed by atoms with Gasteiger partial charge in [-0.15, -0.1) is 0 Å². The molecular weight excluding hydrogens is 441 g/mol. The van der Waals surface area contributed by atoms with Gasteiger partial charge in [0.25, 0.3) is 0 Å². The van der Waals surface area contributed by atoms with Crippen LogP contribution in [0.2, 0.25) is 5.02 Å². The highest BCUT2D eigenvalue weighted by Crippen LogP contribution is 2.35. The molecule has 2 atom stereocenters. The van der Waals surface area contributed by atoms with Gasteiger partial charge in [-0.05, 0) is 37.5 Å². The molecule has 0 radical (unpaired) electrons. The molecule has 1 N–H and O–H groups in total. The number of halogens is 2. The number of rotatable bonds is 7. The Morgan fingerprint density at radius 3 is 2.60 bits per heavy atom. The zero-order valence-electron chi connectivity index (χ0n) is 16.3. The van der Waals surface area contributed by atoms with Gasteiger partial charge in [0.1, 0.15) is 11.1 Å². The van der Waals surface area contributed by atoms with Crippen LogP contribution in [-0.4, -0.2) is 43.7 Å². The van der Waals surface area contributed by atoms with Crippen LogP contribution in [0.5, 0.6) is 0 Å². The van der Waals surface area contributed by atoms with Crippen LogP contribution in [0.25, 0.3) is 0 Å². The van der Waals surface area contributed by atoms with Gasteiger partial charge >= 0.3 is 11.9 Å². The molecule has 1 aliphatic rings. The average molecular weight is 462 g/mol. The van der Waals surface area contributed by atoms with Gasteiger partial charge in [0.15, 0.2) is 0 Å². The van der Waals surface area contributed by atoms with Crippen LogP contribution < -0.4 is 4.31 Å². The molecule has 30 heavy (non-hydrogen) atoms. The van der Waals surface area contributed by atoms with Crippen molar-refractivity contribution >= 4 is 45.2 Å². The molecule has 2 rings (SSSR count).